The molecule has 1 N–H and O–H groups in total. The lowest BCUT2D eigenvalue weighted by molar-refractivity contribution is 0.681. The summed E-state index contributed by atoms with van der Waals surface area (Å²) in [6.07, 6.45) is 11.2. The summed E-state index contributed by atoms with van der Waals surface area (Å²) in [4.78, 5) is 8.62. The van der Waals surface area contributed by atoms with Crippen LogP contribution in [0.15, 0.2) is 30.9 Å². The first kappa shape index (κ1) is 11.4. The Morgan fingerprint density at radius 1 is 1.39 bits per heavy atom. The van der Waals surface area contributed by atoms with Crippen LogP contribution in [0, 0.1) is 0 Å². The number of hydrogen-bond donors (Lipinski definition) is 1. The molecule has 1 saturated carbocycles. The molecule has 1 aliphatic rings. The molecule has 0 aromatic carbocycles. The van der Waals surface area contributed by atoms with E-state index in [-0.39, 0.29) is 0 Å². The van der Waals surface area contributed by atoms with E-state index in [4.69, 9.17) is 0 Å². The third kappa shape index (κ3) is 2.29. The van der Waals surface area contributed by atoms with Gasteiger partial charge in [0.2, 0.25) is 0 Å². The largest absolute Gasteiger partial charge is 0.310 e. The Balaban J connectivity index is 1.89. The van der Waals surface area contributed by atoms with Gasteiger partial charge in [0, 0.05) is 49.4 Å². The van der Waals surface area contributed by atoms with Crippen LogP contribution in [0.25, 0.3) is 5.69 Å². The summed E-state index contributed by atoms with van der Waals surface area (Å²) in [6, 6.07) is 2.77. The smallest absolute Gasteiger partial charge is 0.112 e. The summed E-state index contributed by atoms with van der Waals surface area (Å²) in [7, 11) is 0. The molecule has 0 amide bonds. The number of nitrogens with zero attached hydrogens (tertiary/aromatic N) is 3. The molecular weight excluding hydrogens is 224 g/mol. The molecular formula is C14H18N4. The Labute approximate surface area is 107 Å². The molecule has 1 aliphatic carbocycles. The van der Waals surface area contributed by atoms with Crippen LogP contribution in [-0.2, 0) is 13.0 Å². The third-order valence-electron chi connectivity index (χ3n) is 3.33. The van der Waals surface area contributed by atoms with E-state index >= 15 is 0 Å². The van der Waals surface area contributed by atoms with Gasteiger partial charge in [-0.25, -0.2) is 4.98 Å². The highest BCUT2D eigenvalue weighted by Crippen LogP contribution is 2.21. The van der Waals surface area contributed by atoms with Crippen molar-refractivity contribution in [3.63, 3.8) is 0 Å². The molecule has 1 fully saturated rings. The molecule has 4 heteroatoms. The normalized spacial score (nSPS) is 14.9. The minimum Gasteiger partial charge on any atom is -0.310 e. The summed E-state index contributed by atoms with van der Waals surface area (Å²) in [5.74, 6) is 1.09. The number of aryl methyl sites for hydroxylation is 1. The lowest BCUT2D eigenvalue weighted by Crippen LogP contribution is -2.17. The van der Waals surface area contributed by atoms with Crippen LogP contribution in [-0.4, -0.2) is 20.6 Å². The molecule has 94 valence electrons. The Hall–Kier alpha value is -1.68. The third-order valence-corrected chi connectivity index (χ3v) is 3.33. The second-order valence-corrected chi connectivity index (χ2v) is 4.73. The Bertz CT molecular complexity index is 528. The van der Waals surface area contributed by atoms with Crippen molar-refractivity contribution >= 4 is 0 Å². The molecule has 0 unspecified atom stereocenters. The Morgan fingerprint density at radius 3 is 3.06 bits per heavy atom. The molecule has 0 spiro atoms. The number of rotatable bonds is 5. The van der Waals surface area contributed by atoms with Crippen LogP contribution in [0.1, 0.15) is 31.2 Å². The summed E-state index contributed by atoms with van der Waals surface area (Å²) in [5, 5.41) is 3.54. The highest BCUT2D eigenvalue weighted by molar-refractivity contribution is 5.40. The molecule has 0 bridgehead atoms. The minimum atomic E-state index is 0.714. The molecule has 3 rings (SSSR count). The van der Waals surface area contributed by atoms with Gasteiger partial charge in [0.05, 0.1) is 5.69 Å². The van der Waals surface area contributed by atoms with Crippen molar-refractivity contribution < 1.29 is 0 Å². The number of pyridine rings is 1. The first-order valence-corrected chi connectivity index (χ1v) is 6.57. The fourth-order valence-electron chi connectivity index (χ4n) is 2.15. The van der Waals surface area contributed by atoms with Crippen LogP contribution in [0.3, 0.4) is 0 Å². The van der Waals surface area contributed by atoms with Crippen LogP contribution in [0.2, 0.25) is 0 Å². The molecule has 2 aromatic heterocycles. The van der Waals surface area contributed by atoms with Gasteiger partial charge in [0.25, 0.3) is 0 Å². The maximum Gasteiger partial charge on any atom is 0.112 e. The molecule has 0 atom stereocenters. The molecule has 0 saturated heterocycles. The van der Waals surface area contributed by atoms with Crippen LogP contribution in [0.5, 0.6) is 0 Å². The van der Waals surface area contributed by atoms with Gasteiger partial charge in [0.15, 0.2) is 0 Å². The van der Waals surface area contributed by atoms with Crippen LogP contribution in [0.4, 0.5) is 0 Å². The SMILES string of the molecule is CCc1nccn1-c1ccncc1CNC1CC1. The highest BCUT2D eigenvalue weighted by atomic mass is 15.1. The Kier molecular flexibility index (Phi) is 3.11. The predicted molar refractivity (Wildman–Crippen MR) is 70.6 cm³/mol. The summed E-state index contributed by atoms with van der Waals surface area (Å²) in [6.45, 7) is 3.01. The van der Waals surface area contributed by atoms with Crippen molar-refractivity contribution in [3.05, 3.63) is 42.2 Å². The Morgan fingerprint density at radius 2 is 2.28 bits per heavy atom. The van der Waals surface area contributed by atoms with Gasteiger partial charge in [-0.05, 0) is 18.9 Å². The van der Waals surface area contributed by atoms with Gasteiger partial charge >= 0.3 is 0 Å². The zero-order chi connectivity index (χ0) is 12.4. The summed E-state index contributed by atoms with van der Waals surface area (Å²) in [5.41, 5.74) is 2.42. The van der Waals surface area contributed by atoms with E-state index in [9.17, 15) is 0 Å². The van der Waals surface area contributed by atoms with Gasteiger partial charge in [-0.3, -0.25) is 4.98 Å². The van der Waals surface area contributed by atoms with Gasteiger partial charge in [-0.1, -0.05) is 6.92 Å². The average Bonchev–Trinajstić information content (AvgIpc) is 3.12. The molecule has 4 nitrogen and oxygen atoms in total. The highest BCUT2D eigenvalue weighted by Gasteiger charge is 2.20. The van der Waals surface area contributed by atoms with E-state index in [1.54, 1.807) is 0 Å². The molecule has 0 aliphatic heterocycles. The standard InChI is InChI=1S/C14H18N4/c1-2-14-16-7-8-18(14)13-5-6-15-9-11(13)10-17-12-3-4-12/h5-9,12,17H,2-4,10H2,1H3. The van der Waals surface area contributed by atoms with E-state index in [1.807, 2.05) is 24.8 Å². The molecule has 2 aromatic rings. The maximum atomic E-state index is 4.38. The number of hydrogen-bond acceptors (Lipinski definition) is 3. The van der Waals surface area contributed by atoms with E-state index in [1.165, 1.54) is 24.1 Å². The molecule has 18 heavy (non-hydrogen) atoms. The quantitative estimate of drug-likeness (QED) is 0.873. The van der Waals surface area contributed by atoms with E-state index in [0.717, 1.165) is 18.8 Å². The average molecular weight is 242 g/mol. The summed E-state index contributed by atoms with van der Waals surface area (Å²) >= 11 is 0. The van der Waals surface area contributed by atoms with Gasteiger partial charge in [-0.15, -0.1) is 0 Å². The van der Waals surface area contributed by atoms with Crippen LogP contribution >= 0.6 is 0 Å². The fraction of sp³-hybridized carbons (Fsp3) is 0.429. The van der Waals surface area contributed by atoms with E-state index in [2.05, 4.69) is 32.8 Å². The first-order valence-electron chi connectivity index (χ1n) is 6.57. The second-order valence-electron chi connectivity index (χ2n) is 4.73. The van der Waals surface area contributed by atoms with Crippen molar-refractivity contribution in [3.8, 4) is 5.69 Å². The van der Waals surface area contributed by atoms with Crippen LogP contribution < -0.4 is 5.32 Å². The fourth-order valence-corrected chi connectivity index (χ4v) is 2.15. The van der Waals surface area contributed by atoms with E-state index < -0.39 is 0 Å². The van der Waals surface area contributed by atoms with Crippen molar-refractivity contribution in [2.24, 2.45) is 0 Å². The zero-order valence-corrected chi connectivity index (χ0v) is 10.6. The topological polar surface area (TPSA) is 42.7 Å². The predicted octanol–water partition coefficient (Wildman–Crippen LogP) is 2.08. The lowest BCUT2D eigenvalue weighted by atomic mass is 10.2. The zero-order valence-electron chi connectivity index (χ0n) is 10.6. The van der Waals surface area contributed by atoms with Crippen molar-refractivity contribution in [2.45, 2.75) is 38.8 Å². The van der Waals surface area contributed by atoms with Crippen molar-refractivity contribution in [1.29, 1.82) is 0 Å². The maximum absolute atomic E-state index is 4.38. The lowest BCUT2D eigenvalue weighted by Gasteiger charge is -2.12. The molecule has 0 radical (unpaired) electrons. The molecule has 2 heterocycles. The first-order chi connectivity index (χ1) is 8.88. The van der Waals surface area contributed by atoms with Crippen molar-refractivity contribution in [2.75, 3.05) is 0 Å². The number of imidazole rings is 1. The summed E-state index contributed by atoms with van der Waals surface area (Å²) < 4.78 is 2.16. The van der Waals surface area contributed by atoms with Gasteiger partial charge in [0.1, 0.15) is 5.82 Å². The van der Waals surface area contributed by atoms with E-state index in [0.29, 0.717) is 6.04 Å². The second kappa shape index (κ2) is 4.90. The number of nitrogens with one attached hydrogen (secondary N) is 1. The minimum absolute atomic E-state index is 0.714. The van der Waals surface area contributed by atoms with Gasteiger partial charge < -0.3 is 9.88 Å². The number of aromatic nitrogens is 3. The van der Waals surface area contributed by atoms with Crippen molar-refractivity contribution in [1.82, 2.24) is 19.9 Å². The monoisotopic (exact) mass is 242 g/mol. The van der Waals surface area contributed by atoms with Gasteiger partial charge in [-0.2, -0.15) is 0 Å².